The van der Waals surface area contributed by atoms with E-state index >= 15 is 0 Å². The van der Waals surface area contributed by atoms with Crippen LogP contribution in [0.4, 0.5) is 0 Å². The van der Waals surface area contributed by atoms with Crippen molar-refractivity contribution in [2.45, 2.75) is 44.7 Å². The second-order valence-electron chi connectivity index (χ2n) is 9.04. The number of esters is 1. The molecule has 4 rings (SSSR count). The van der Waals surface area contributed by atoms with Crippen LogP contribution in [-0.4, -0.2) is 55.3 Å². The predicted octanol–water partition coefficient (Wildman–Crippen LogP) is 4.85. The highest BCUT2D eigenvalue weighted by Gasteiger charge is 2.42. The second kappa shape index (κ2) is 12.6. The Kier molecular flexibility index (Phi) is 9.19. The number of aromatic amines is 1. The summed E-state index contributed by atoms with van der Waals surface area (Å²) in [5.74, 6) is 1.49. The van der Waals surface area contributed by atoms with E-state index in [0.717, 1.165) is 47.3 Å². The maximum Gasteiger partial charge on any atom is 0.332 e. The van der Waals surface area contributed by atoms with Gasteiger partial charge in [0.05, 0.1) is 12.8 Å². The van der Waals surface area contributed by atoms with Gasteiger partial charge in [0.2, 0.25) is 5.82 Å². The van der Waals surface area contributed by atoms with Crippen molar-refractivity contribution in [3.05, 3.63) is 70.8 Å². The van der Waals surface area contributed by atoms with E-state index in [1.54, 1.807) is 11.8 Å². The summed E-state index contributed by atoms with van der Waals surface area (Å²) in [6.45, 7) is 2.59. The highest BCUT2D eigenvalue weighted by molar-refractivity contribution is 7.98. The average Bonchev–Trinajstić information content (AvgIpc) is 3.59. The number of thioether (sulfide) groups is 1. The second-order valence-corrected chi connectivity index (χ2v) is 10.4. The molecule has 0 saturated heterocycles. The molecule has 0 fully saturated rings. The first-order valence-corrected chi connectivity index (χ1v) is 14.2. The molecular weight excluding hydrogens is 522 g/mol. The number of nitrogens with two attached hydrogens (primary N) is 1. The normalized spacial score (nSPS) is 12.9. The molecule has 0 radical (unpaired) electrons. The Hall–Kier alpha value is -3.21. The molecule has 0 aliphatic heterocycles. The number of benzene rings is 2. The molecule has 0 spiro atoms. The van der Waals surface area contributed by atoms with Crippen LogP contribution >= 0.6 is 23.4 Å². The van der Waals surface area contributed by atoms with E-state index in [9.17, 15) is 4.79 Å². The van der Waals surface area contributed by atoms with Crippen molar-refractivity contribution in [2.24, 2.45) is 5.73 Å². The maximum absolute atomic E-state index is 13.0. The maximum atomic E-state index is 13.0. The van der Waals surface area contributed by atoms with Crippen molar-refractivity contribution in [3.63, 3.8) is 0 Å². The lowest BCUT2D eigenvalue weighted by molar-refractivity contribution is -0.147. The monoisotopic (exact) mass is 553 g/mol. The first-order chi connectivity index (χ1) is 18.4. The van der Waals surface area contributed by atoms with E-state index in [-0.39, 0.29) is 5.15 Å². The fourth-order valence-corrected chi connectivity index (χ4v) is 5.42. The number of carbonyl (C=O) groups excluding carboxylic acids is 1. The van der Waals surface area contributed by atoms with Crippen LogP contribution in [0.5, 0.6) is 0 Å². The predicted molar refractivity (Wildman–Crippen MR) is 151 cm³/mol. The lowest BCUT2D eigenvalue weighted by atomic mass is 9.93. The average molecular weight is 554 g/mol. The molecule has 0 amide bonds. The Morgan fingerprint density at radius 3 is 2.55 bits per heavy atom. The third kappa shape index (κ3) is 5.77. The number of methoxy groups -OCH3 is 1. The molecular formula is C27H32ClN7O2S. The standard InChI is InChI=1S/C27H32ClN7O2S/c1-4-5-10-22-30-24(28)23(27(29,15-16-38-3)26(36)37-2)35(22)17-18-11-13-19(14-12-18)20-8-6-7-9-21(20)25-31-33-34-32-25/h6-9,11-14H,4-5,10,15-17,29H2,1-3H3,(H,31,32,33,34)/t27-/m0/s1. The summed E-state index contributed by atoms with van der Waals surface area (Å²) in [5.41, 5.74) is 9.79. The molecule has 0 aliphatic carbocycles. The number of halogens is 1. The van der Waals surface area contributed by atoms with Crippen molar-refractivity contribution in [2.75, 3.05) is 19.1 Å². The number of hydrogen-bond donors (Lipinski definition) is 2. The van der Waals surface area contributed by atoms with E-state index in [0.29, 0.717) is 30.2 Å². The molecule has 0 unspecified atom stereocenters. The van der Waals surface area contributed by atoms with E-state index in [1.165, 1.54) is 7.11 Å². The van der Waals surface area contributed by atoms with Gasteiger partial charge in [-0.3, -0.25) is 0 Å². The van der Waals surface area contributed by atoms with Gasteiger partial charge in [-0.1, -0.05) is 73.5 Å². The van der Waals surface area contributed by atoms with Gasteiger partial charge in [-0.25, -0.2) is 9.78 Å². The molecule has 38 heavy (non-hydrogen) atoms. The highest BCUT2D eigenvalue weighted by Crippen LogP contribution is 2.34. The minimum atomic E-state index is -1.41. The van der Waals surface area contributed by atoms with Gasteiger partial charge in [-0.15, -0.1) is 10.2 Å². The Bertz CT molecular complexity index is 1360. The number of H-pyrrole nitrogens is 1. The molecule has 9 nitrogen and oxygen atoms in total. The summed E-state index contributed by atoms with van der Waals surface area (Å²) in [6.07, 6.45) is 5.03. The fraction of sp³-hybridized carbons (Fsp3) is 0.370. The summed E-state index contributed by atoms with van der Waals surface area (Å²) in [6, 6.07) is 16.2. The van der Waals surface area contributed by atoms with Crippen molar-refractivity contribution in [1.82, 2.24) is 30.2 Å². The number of ether oxygens (including phenoxy) is 1. The number of unbranched alkanes of at least 4 members (excludes halogenated alkanes) is 1. The summed E-state index contributed by atoms with van der Waals surface area (Å²) >= 11 is 8.30. The summed E-state index contributed by atoms with van der Waals surface area (Å²) in [4.78, 5) is 17.6. The number of tetrazole rings is 1. The molecule has 2 heterocycles. The van der Waals surface area contributed by atoms with Gasteiger partial charge >= 0.3 is 5.97 Å². The van der Waals surface area contributed by atoms with Crippen molar-refractivity contribution in [1.29, 1.82) is 0 Å². The molecule has 11 heteroatoms. The third-order valence-electron chi connectivity index (χ3n) is 6.55. The number of imidazole rings is 1. The number of carbonyl (C=O) groups is 1. The summed E-state index contributed by atoms with van der Waals surface area (Å²) in [5, 5.41) is 14.7. The van der Waals surface area contributed by atoms with E-state index in [2.05, 4.69) is 56.8 Å². The number of nitrogens with one attached hydrogen (secondary N) is 1. The minimum Gasteiger partial charge on any atom is -0.467 e. The van der Waals surface area contributed by atoms with E-state index < -0.39 is 11.5 Å². The Morgan fingerprint density at radius 2 is 1.92 bits per heavy atom. The Labute approximate surface area is 231 Å². The zero-order chi connectivity index (χ0) is 27.1. The number of aromatic nitrogens is 6. The van der Waals surface area contributed by atoms with Crippen LogP contribution in [0.2, 0.25) is 5.15 Å². The fourth-order valence-electron chi connectivity index (χ4n) is 4.53. The molecule has 1 atom stereocenters. The molecule has 0 saturated carbocycles. The first kappa shape index (κ1) is 27.8. The van der Waals surface area contributed by atoms with Gasteiger partial charge in [-0.05, 0) is 46.8 Å². The summed E-state index contributed by atoms with van der Waals surface area (Å²) < 4.78 is 7.13. The largest absolute Gasteiger partial charge is 0.467 e. The SMILES string of the molecule is CCCCc1nc(Cl)c([C@@](N)(CCSC)C(=O)OC)n1Cc1ccc(-c2ccccc2-c2nn[nH]n2)cc1. The molecule has 4 aromatic rings. The lowest BCUT2D eigenvalue weighted by Gasteiger charge is -2.28. The van der Waals surface area contributed by atoms with Crippen LogP contribution in [0.1, 0.15) is 43.3 Å². The van der Waals surface area contributed by atoms with Gasteiger partial charge in [0.15, 0.2) is 10.7 Å². The smallest absolute Gasteiger partial charge is 0.332 e. The van der Waals surface area contributed by atoms with Gasteiger partial charge in [0, 0.05) is 18.5 Å². The third-order valence-corrected chi connectivity index (χ3v) is 7.43. The molecule has 0 aliphatic rings. The Balaban J connectivity index is 1.72. The van der Waals surface area contributed by atoms with Gasteiger partial charge in [0.25, 0.3) is 0 Å². The quantitative estimate of drug-likeness (QED) is 0.238. The van der Waals surface area contributed by atoms with Crippen LogP contribution in [0.3, 0.4) is 0 Å². The van der Waals surface area contributed by atoms with Crippen LogP contribution < -0.4 is 5.73 Å². The van der Waals surface area contributed by atoms with Crippen molar-refractivity contribution in [3.8, 4) is 22.5 Å². The number of aryl methyl sites for hydroxylation is 1. The van der Waals surface area contributed by atoms with Crippen LogP contribution in [0, 0.1) is 0 Å². The number of rotatable bonds is 12. The minimum absolute atomic E-state index is 0.246. The van der Waals surface area contributed by atoms with Crippen molar-refractivity contribution < 1.29 is 9.53 Å². The number of nitrogens with zero attached hydrogens (tertiary/aromatic N) is 5. The Morgan fingerprint density at radius 1 is 1.18 bits per heavy atom. The zero-order valence-corrected chi connectivity index (χ0v) is 23.3. The topological polar surface area (TPSA) is 125 Å². The lowest BCUT2D eigenvalue weighted by Crippen LogP contribution is -2.48. The van der Waals surface area contributed by atoms with Crippen LogP contribution in [-0.2, 0) is 28.0 Å². The first-order valence-electron chi connectivity index (χ1n) is 12.5. The molecule has 2 aromatic heterocycles. The van der Waals surface area contributed by atoms with Crippen LogP contribution in [0.15, 0.2) is 48.5 Å². The van der Waals surface area contributed by atoms with Crippen LogP contribution in [0.25, 0.3) is 22.5 Å². The van der Waals surface area contributed by atoms with Crippen molar-refractivity contribution >= 4 is 29.3 Å². The zero-order valence-electron chi connectivity index (χ0n) is 21.8. The van der Waals surface area contributed by atoms with Gasteiger partial charge in [-0.2, -0.15) is 17.0 Å². The molecule has 0 bridgehead atoms. The van der Waals surface area contributed by atoms with Gasteiger partial charge in [0.1, 0.15) is 5.82 Å². The highest BCUT2D eigenvalue weighted by atomic mass is 35.5. The number of hydrogen-bond acceptors (Lipinski definition) is 8. The molecule has 3 N–H and O–H groups in total. The van der Waals surface area contributed by atoms with Gasteiger partial charge < -0.3 is 15.0 Å². The molecule has 2 aromatic carbocycles. The molecule has 200 valence electrons. The van der Waals surface area contributed by atoms with E-state index in [1.807, 2.05) is 35.1 Å². The summed E-state index contributed by atoms with van der Waals surface area (Å²) in [7, 11) is 1.35. The van der Waals surface area contributed by atoms with E-state index in [4.69, 9.17) is 22.1 Å².